The lowest BCUT2D eigenvalue weighted by atomic mass is 10.2. The second-order valence-electron chi connectivity index (χ2n) is 4.17. The zero-order valence-corrected chi connectivity index (χ0v) is 11.5. The summed E-state index contributed by atoms with van der Waals surface area (Å²) in [5, 5.41) is 6.58. The molecule has 2 heterocycles. The van der Waals surface area contributed by atoms with Crippen LogP contribution in [0, 0.1) is 6.92 Å². The molecule has 20 heavy (non-hydrogen) atoms. The first-order valence-corrected chi connectivity index (χ1v) is 6.09. The van der Waals surface area contributed by atoms with Crippen molar-refractivity contribution in [3.05, 3.63) is 35.4 Å². The standard InChI is InChI=1S/C13H15N3O4/c1-4-19-13(18)9-7-16(3)15-11(9)14-12(17)10-8(2)5-6-20-10/h5-7H,4H2,1-3H3,(H,14,15,17). The molecule has 7 heteroatoms. The third-order valence-corrected chi connectivity index (χ3v) is 2.62. The van der Waals surface area contributed by atoms with Crippen LogP contribution in [0.25, 0.3) is 0 Å². The summed E-state index contributed by atoms with van der Waals surface area (Å²) >= 11 is 0. The molecule has 106 valence electrons. The fourth-order valence-electron chi connectivity index (χ4n) is 1.71. The number of aryl methyl sites for hydroxylation is 2. The minimum atomic E-state index is -0.535. The maximum Gasteiger partial charge on any atom is 0.343 e. The maximum absolute atomic E-state index is 12.0. The summed E-state index contributed by atoms with van der Waals surface area (Å²) in [4.78, 5) is 23.8. The Hall–Kier alpha value is -2.57. The van der Waals surface area contributed by atoms with Crippen LogP contribution >= 0.6 is 0 Å². The molecule has 0 aliphatic heterocycles. The molecule has 0 aliphatic carbocycles. The van der Waals surface area contributed by atoms with E-state index in [1.165, 1.54) is 17.1 Å². The van der Waals surface area contributed by atoms with Crippen molar-refractivity contribution in [1.29, 1.82) is 0 Å². The highest BCUT2D eigenvalue weighted by atomic mass is 16.5. The van der Waals surface area contributed by atoms with E-state index in [0.29, 0.717) is 5.56 Å². The third-order valence-electron chi connectivity index (χ3n) is 2.62. The van der Waals surface area contributed by atoms with E-state index in [2.05, 4.69) is 10.4 Å². The van der Waals surface area contributed by atoms with E-state index in [1.807, 2.05) is 0 Å². The van der Waals surface area contributed by atoms with Crippen LogP contribution in [0.15, 0.2) is 22.9 Å². The highest BCUT2D eigenvalue weighted by molar-refractivity contribution is 6.06. The zero-order chi connectivity index (χ0) is 14.7. The molecule has 0 atom stereocenters. The summed E-state index contributed by atoms with van der Waals surface area (Å²) < 4.78 is 11.4. The van der Waals surface area contributed by atoms with Crippen molar-refractivity contribution < 1.29 is 18.7 Å². The molecule has 0 unspecified atom stereocenters. The van der Waals surface area contributed by atoms with E-state index in [4.69, 9.17) is 9.15 Å². The minimum absolute atomic E-state index is 0.145. The Bertz CT molecular complexity index is 642. The molecule has 0 radical (unpaired) electrons. The Balaban J connectivity index is 2.23. The fraction of sp³-hybridized carbons (Fsp3) is 0.308. The maximum atomic E-state index is 12.0. The van der Waals surface area contributed by atoms with Gasteiger partial charge in [-0.05, 0) is 19.9 Å². The van der Waals surface area contributed by atoms with Gasteiger partial charge >= 0.3 is 5.97 Å². The molecule has 0 aromatic carbocycles. The average molecular weight is 277 g/mol. The summed E-state index contributed by atoms with van der Waals surface area (Å²) in [5.41, 5.74) is 0.906. The van der Waals surface area contributed by atoms with Crippen LogP contribution in [0.1, 0.15) is 33.4 Å². The Morgan fingerprint density at radius 3 is 2.85 bits per heavy atom. The van der Waals surface area contributed by atoms with Crippen LogP contribution in [-0.4, -0.2) is 28.3 Å². The van der Waals surface area contributed by atoms with Gasteiger partial charge in [0.25, 0.3) is 5.91 Å². The van der Waals surface area contributed by atoms with Crippen LogP contribution in [0.3, 0.4) is 0 Å². The smallest absolute Gasteiger partial charge is 0.343 e. The predicted octanol–water partition coefficient (Wildman–Crippen LogP) is 1.75. The van der Waals surface area contributed by atoms with E-state index < -0.39 is 11.9 Å². The van der Waals surface area contributed by atoms with Crippen molar-refractivity contribution in [2.75, 3.05) is 11.9 Å². The summed E-state index contributed by atoms with van der Waals surface area (Å²) in [5.74, 6) is -0.666. The average Bonchev–Trinajstić information content (AvgIpc) is 2.96. The van der Waals surface area contributed by atoms with Crippen molar-refractivity contribution in [3.8, 4) is 0 Å². The van der Waals surface area contributed by atoms with Gasteiger partial charge in [-0.3, -0.25) is 9.48 Å². The number of hydrogen-bond acceptors (Lipinski definition) is 5. The molecule has 0 aliphatic rings. The van der Waals surface area contributed by atoms with Gasteiger partial charge < -0.3 is 14.5 Å². The Kier molecular flexibility index (Phi) is 3.88. The van der Waals surface area contributed by atoms with Crippen LogP contribution in [0.5, 0.6) is 0 Å². The molecule has 0 saturated heterocycles. The molecule has 0 fully saturated rings. The number of rotatable bonds is 4. The quantitative estimate of drug-likeness (QED) is 0.860. The van der Waals surface area contributed by atoms with E-state index in [1.54, 1.807) is 27.0 Å². The van der Waals surface area contributed by atoms with Crippen molar-refractivity contribution in [2.24, 2.45) is 7.05 Å². The molecule has 2 rings (SSSR count). The lowest BCUT2D eigenvalue weighted by Crippen LogP contribution is -2.15. The van der Waals surface area contributed by atoms with Gasteiger partial charge in [-0.15, -0.1) is 0 Å². The van der Waals surface area contributed by atoms with Gasteiger partial charge in [0.15, 0.2) is 11.6 Å². The number of carbonyl (C=O) groups excluding carboxylic acids is 2. The monoisotopic (exact) mass is 277 g/mol. The van der Waals surface area contributed by atoms with E-state index in [-0.39, 0.29) is 23.7 Å². The lowest BCUT2D eigenvalue weighted by Gasteiger charge is -2.03. The number of nitrogens with zero attached hydrogens (tertiary/aromatic N) is 2. The number of amides is 1. The van der Waals surface area contributed by atoms with Gasteiger partial charge in [0.1, 0.15) is 5.56 Å². The van der Waals surface area contributed by atoms with Crippen molar-refractivity contribution in [2.45, 2.75) is 13.8 Å². The van der Waals surface area contributed by atoms with Gasteiger partial charge in [0.05, 0.1) is 12.9 Å². The number of aromatic nitrogens is 2. The van der Waals surface area contributed by atoms with Crippen molar-refractivity contribution in [1.82, 2.24) is 9.78 Å². The number of hydrogen-bond donors (Lipinski definition) is 1. The first kappa shape index (κ1) is 13.9. The van der Waals surface area contributed by atoms with Crippen LogP contribution in [0.4, 0.5) is 5.82 Å². The molecular formula is C13H15N3O4. The SMILES string of the molecule is CCOC(=O)c1cn(C)nc1NC(=O)c1occc1C. The summed E-state index contributed by atoms with van der Waals surface area (Å²) in [6.45, 7) is 3.71. The van der Waals surface area contributed by atoms with E-state index in [9.17, 15) is 9.59 Å². The van der Waals surface area contributed by atoms with Gasteiger partial charge in [0.2, 0.25) is 0 Å². The molecule has 0 spiro atoms. The fourth-order valence-corrected chi connectivity index (χ4v) is 1.71. The van der Waals surface area contributed by atoms with Crippen LogP contribution in [0.2, 0.25) is 0 Å². The number of anilines is 1. The van der Waals surface area contributed by atoms with Crippen LogP contribution < -0.4 is 5.32 Å². The number of carbonyl (C=O) groups is 2. The predicted molar refractivity (Wildman–Crippen MR) is 70.6 cm³/mol. The van der Waals surface area contributed by atoms with Crippen molar-refractivity contribution in [3.63, 3.8) is 0 Å². The van der Waals surface area contributed by atoms with E-state index in [0.717, 1.165) is 0 Å². The Morgan fingerprint density at radius 2 is 2.25 bits per heavy atom. The molecule has 0 saturated carbocycles. The highest BCUT2D eigenvalue weighted by Crippen LogP contribution is 2.17. The van der Waals surface area contributed by atoms with Gasteiger partial charge in [-0.1, -0.05) is 0 Å². The first-order valence-electron chi connectivity index (χ1n) is 6.09. The first-order chi connectivity index (χ1) is 9.52. The third kappa shape index (κ3) is 2.71. The normalized spacial score (nSPS) is 10.3. The largest absolute Gasteiger partial charge is 0.462 e. The zero-order valence-electron chi connectivity index (χ0n) is 11.5. The molecule has 0 bridgehead atoms. The molecule has 2 aromatic heterocycles. The molecule has 1 N–H and O–H groups in total. The van der Waals surface area contributed by atoms with E-state index >= 15 is 0 Å². The molecule has 2 aromatic rings. The topological polar surface area (TPSA) is 86.4 Å². The molecular weight excluding hydrogens is 262 g/mol. The number of ether oxygens (including phenoxy) is 1. The Morgan fingerprint density at radius 1 is 1.50 bits per heavy atom. The van der Waals surface area contributed by atoms with Crippen LogP contribution in [-0.2, 0) is 11.8 Å². The highest BCUT2D eigenvalue weighted by Gasteiger charge is 2.21. The van der Waals surface area contributed by atoms with Gasteiger partial charge in [0, 0.05) is 18.8 Å². The summed E-state index contributed by atoms with van der Waals surface area (Å²) in [6, 6.07) is 1.68. The number of furan rings is 1. The minimum Gasteiger partial charge on any atom is -0.462 e. The number of esters is 1. The van der Waals surface area contributed by atoms with Gasteiger partial charge in [-0.2, -0.15) is 5.10 Å². The number of nitrogens with one attached hydrogen (secondary N) is 1. The second kappa shape index (κ2) is 5.60. The van der Waals surface area contributed by atoms with Gasteiger partial charge in [-0.25, -0.2) is 4.79 Å². The summed E-state index contributed by atoms with van der Waals surface area (Å²) in [6.07, 6.45) is 2.91. The van der Waals surface area contributed by atoms with Crippen molar-refractivity contribution >= 4 is 17.7 Å². The lowest BCUT2D eigenvalue weighted by molar-refractivity contribution is 0.0527. The molecule has 7 nitrogen and oxygen atoms in total. The molecule has 1 amide bonds. The summed E-state index contributed by atoms with van der Waals surface area (Å²) in [7, 11) is 1.65. The Labute approximate surface area is 115 Å². The second-order valence-corrected chi connectivity index (χ2v) is 4.17.